The zero-order valence-corrected chi connectivity index (χ0v) is 28.0. The van der Waals surface area contributed by atoms with E-state index < -0.39 is 65.9 Å². The molecule has 0 fully saturated rings. The van der Waals surface area contributed by atoms with Gasteiger partial charge in [0.05, 0.1) is 5.92 Å². The number of amides is 2. The zero-order valence-electron chi connectivity index (χ0n) is 27.1. The Bertz CT molecular complexity index is 1690. The van der Waals surface area contributed by atoms with Crippen molar-refractivity contribution in [3.8, 4) is 0 Å². The molecule has 0 saturated heterocycles. The van der Waals surface area contributed by atoms with E-state index in [-0.39, 0.29) is 6.61 Å². The van der Waals surface area contributed by atoms with Crippen LogP contribution in [0.25, 0.3) is 0 Å². The highest BCUT2D eigenvalue weighted by molar-refractivity contribution is 7.61. The van der Waals surface area contributed by atoms with Gasteiger partial charge in [0.15, 0.2) is 0 Å². The summed E-state index contributed by atoms with van der Waals surface area (Å²) in [5, 5.41) is 0.602. The number of carbonyl (C=O) groups excluding carboxylic acids is 4. The highest BCUT2D eigenvalue weighted by Crippen LogP contribution is 2.78. The van der Waals surface area contributed by atoms with Gasteiger partial charge in [0, 0.05) is 14.0 Å². The zero-order chi connectivity index (χ0) is 34.3. The van der Waals surface area contributed by atoms with Crippen LogP contribution in [0.1, 0.15) is 40.2 Å². The number of carbonyl (C=O) groups is 4. The van der Waals surface area contributed by atoms with E-state index in [1.165, 1.54) is 25.8 Å². The fraction of sp³-hybridized carbons (Fsp3) is 0.371. The van der Waals surface area contributed by atoms with E-state index in [1.807, 2.05) is 30.3 Å². The first-order chi connectivity index (χ1) is 22.2. The summed E-state index contributed by atoms with van der Waals surface area (Å²) >= 11 is 0. The minimum absolute atomic E-state index is 0.0170. The van der Waals surface area contributed by atoms with E-state index in [1.54, 1.807) is 69.4 Å². The maximum Gasteiger partial charge on any atom is 0.410 e. The molecule has 1 aromatic rings. The van der Waals surface area contributed by atoms with Crippen molar-refractivity contribution in [2.24, 2.45) is 11.3 Å². The number of allylic oxidation sites excluding steroid dienone is 10. The van der Waals surface area contributed by atoms with Crippen LogP contribution in [-0.4, -0.2) is 64.1 Å². The highest BCUT2D eigenvalue weighted by Gasteiger charge is 2.75. The molecule has 4 aliphatic carbocycles. The third kappa shape index (κ3) is 5.31. The van der Waals surface area contributed by atoms with Gasteiger partial charge in [0.1, 0.15) is 29.0 Å². The lowest BCUT2D eigenvalue weighted by atomic mass is 9.65. The standard InChI is InChI=1S/C35H39N2O9P/c1-21(2)30(38)45-24(5)46-33(41)36-23(4)47(42,43)35(28-16-17-29(35)19-18-28)34(26-12-13-27(34)15-14-26)32(40)37(6)22(3)31(39)44-20-25-10-8-7-9-11-25/h7-19,21-24H,20H2,1-6H3,(H,36,41)(H,42,43). The number of rotatable bonds is 12. The van der Waals surface area contributed by atoms with E-state index >= 15 is 4.57 Å². The summed E-state index contributed by atoms with van der Waals surface area (Å²) in [5.74, 6) is -3.68. The molecule has 12 heteroatoms. The first kappa shape index (κ1) is 33.9. The maximum atomic E-state index is 15.1. The second-order valence-electron chi connectivity index (χ2n) is 12.3. The number of nitrogens with zero attached hydrogens (tertiary/aromatic N) is 1. The predicted molar refractivity (Wildman–Crippen MR) is 174 cm³/mol. The van der Waals surface area contributed by atoms with Gasteiger partial charge in [-0.05, 0) is 41.7 Å². The molecule has 1 aromatic carbocycles. The van der Waals surface area contributed by atoms with Gasteiger partial charge in [-0.3, -0.25) is 14.2 Å². The number of likely N-dealkylation sites (N-methyl/N-ethyl adjacent to an activating group) is 1. The van der Waals surface area contributed by atoms with E-state index in [9.17, 15) is 24.1 Å². The first-order valence-corrected chi connectivity index (χ1v) is 17.1. The van der Waals surface area contributed by atoms with Crippen LogP contribution in [0.4, 0.5) is 4.79 Å². The average molecular weight is 663 g/mol. The molecular formula is C35H39N2O9P. The fourth-order valence-corrected chi connectivity index (χ4v) is 9.36. The minimum Gasteiger partial charge on any atom is -0.459 e. The molecule has 4 bridgehead atoms. The van der Waals surface area contributed by atoms with Gasteiger partial charge >= 0.3 is 18.0 Å². The molecule has 0 aromatic heterocycles. The van der Waals surface area contributed by atoms with Crippen molar-refractivity contribution >= 4 is 31.3 Å². The van der Waals surface area contributed by atoms with Crippen molar-refractivity contribution in [3.05, 3.63) is 107 Å². The molecular weight excluding hydrogens is 623 g/mol. The summed E-state index contributed by atoms with van der Waals surface area (Å²) in [7, 11) is -3.23. The quantitative estimate of drug-likeness (QED) is 0.178. The average Bonchev–Trinajstić information content (AvgIpc) is 3.80. The van der Waals surface area contributed by atoms with Crippen LogP contribution in [0.15, 0.2) is 101 Å². The number of hydrogen-bond donors (Lipinski definition) is 2. The molecule has 2 N–H and O–H groups in total. The Hall–Kier alpha value is -4.47. The van der Waals surface area contributed by atoms with Gasteiger partial charge in [-0.25, -0.2) is 9.59 Å². The molecule has 0 heterocycles. The Morgan fingerprint density at radius 1 is 0.830 bits per heavy atom. The van der Waals surface area contributed by atoms with Crippen LogP contribution in [0.2, 0.25) is 0 Å². The van der Waals surface area contributed by atoms with Gasteiger partial charge in [-0.2, -0.15) is 0 Å². The van der Waals surface area contributed by atoms with Crippen molar-refractivity contribution in [1.82, 2.24) is 10.2 Å². The topological polar surface area (TPSA) is 149 Å². The van der Waals surface area contributed by atoms with Crippen molar-refractivity contribution in [2.45, 2.75) is 64.5 Å². The monoisotopic (exact) mass is 662 g/mol. The van der Waals surface area contributed by atoms with Crippen molar-refractivity contribution in [2.75, 3.05) is 7.05 Å². The predicted octanol–water partition coefficient (Wildman–Crippen LogP) is 5.06. The Balaban J connectivity index is 1.47. The molecule has 4 unspecified atom stereocenters. The summed E-state index contributed by atoms with van der Waals surface area (Å²) in [5.41, 5.74) is 0.847. The lowest BCUT2D eigenvalue weighted by Crippen LogP contribution is -2.60. The molecule has 0 saturated carbocycles. The second-order valence-corrected chi connectivity index (χ2v) is 15.0. The number of esters is 2. The Kier molecular flexibility index (Phi) is 9.10. The molecule has 0 aliphatic heterocycles. The number of nitrogens with one attached hydrogen (secondary N) is 1. The lowest BCUT2D eigenvalue weighted by molar-refractivity contribution is -0.168. The van der Waals surface area contributed by atoms with Crippen LogP contribution < -0.4 is 5.32 Å². The van der Waals surface area contributed by atoms with E-state index in [4.69, 9.17) is 14.2 Å². The molecule has 2 amide bonds. The SMILES string of the molecule is CC(OC(=O)NC(C)P(=O)(O)C1(C2(C(=O)N(C)C(C)C(=O)OCc3ccccc3)C3=CC=C2C=C3)C2=CC=C1C=C2)OC(=O)C(C)C. The second kappa shape index (κ2) is 12.6. The van der Waals surface area contributed by atoms with Gasteiger partial charge < -0.3 is 29.3 Å². The van der Waals surface area contributed by atoms with Crippen LogP contribution in [0.3, 0.4) is 0 Å². The van der Waals surface area contributed by atoms with E-state index in [0.717, 1.165) is 5.56 Å². The lowest BCUT2D eigenvalue weighted by Gasteiger charge is -2.51. The van der Waals surface area contributed by atoms with Crippen molar-refractivity contribution < 1.29 is 42.8 Å². The molecule has 0 radical (unpaired) electrons. The first-order valence-electron chi connectivity index (χ1n) is 15.4. The van der Waals surface area contributed by atoms with Gasteiger partial charge in [-0.15, -0.1) is 0 Å². The Morgan fingerprint density at radius 3 is 1.87 bits per heavy atom. The molecule has 11 nitrogen and oxygen atoms in total. The number of fused-ring (bicyclic) bond motifs is 5. The third-order valence-electron chi connectivity index (χ3n) is 9.16. The van der Waals surface area contributed by atoms with E-state index in [0.29, 0.717) is 22.3 Å². The van der Waals surface area contributed by atoms with Crippen molar-refractivity contribution in [1.29, 1.82) is 0 Å². The summed E-state index contributed by atoms with van der Waals surface area (Å²) in [6, 6.07) is 8.10. The number of ether oxygens (including phenoxy) is 3. The maximum absolute atomic E-state index is 15.1. The Morgan fingerprint density at radius 2 is 1.36 bits per heavy atom. The third-order valence-corrected chi connectivity index (χ3v) is 12.2. The summed E-state index contributed by atoms with van der Waals surface area (Å²) < 4.78 is 30.9. The number of hydrogen-bond acceptors (Lipinski definition) is 8. The van der Waals surface area contributed by atoms with E-state index in [2.05, 4.69) is 5.32 Å². The van der Waals surface area contributed by atoms with Crippen molar-refractivity contribution in [3.63, 3.8) is 0 Å². The van der Waals surface area contributed by atoms with Gasteiger partial charge in [0.2, 0.25) is 19.6 Å². The largest absolute Gasteiger partial charge is 0.459 e. The fourth-order valence-electron chi connectivity index (χ4n) is 6.62. The normalized spacial score (nSPS) is 20.7. The molecule has 248 valence electrons. The summed E-state index contributed by atoms with van der Waals surface area (Å²) in [6.07, 6.45) is 11.4. The smallest absolute Gasteiger partial charge is 0.410 e. The number of alkyl carbamates (subject to hydrolysis) is 1. The van der Waals surface area contributed by atoms with Crippen LogP contribution in [0.5, 0.6) is 0 Å². The highest BCUT2D eigenvalue weighted by atomic mass is 31.2. The number of benzene rings is 1. The van der Waals surface area contributed by atoms with Crippen LogP contribution in [-0.2, 0) is 39.8 Å². The molecule has 47 heavy (non-hydrogen) atoms. The molecule has 0 spiro atoms. The van der Waals surface area contributed by atoms with Crippen LogP contribution in [0, 0.1) is 11.3 Å². The molecule has 5 rings (SSSR count). The summed E-state index contributed by atoms with van der Waals surface area (Å²) in [4.78, 5) is 66.6. The van der Waals surface area contributed by atoms with Gasteiger partial charge in [0.25, 0.3) is 0 Å². The summed E-state index contributed by atoms with van der Waals surface area (Å²) in [6.45, 7) is 7.55. The molecule has 4 aliphatic rings. The van der Waals surface area contributed by atoms with Gasteiger partial charge in [-0.1, -0.05) is 92.8 Å². The van der Waals surface area contributed by atoms with Crippen LogP contribution >= 0.6 is 7.37 Å². The molecule has 4 atom stereocenters. The minimum atomic E-state index is -4.71. The Labute approximate surface area is 273 Å².